The van der Waals surface area contributed by atoms with Crippen molar-refractivity contribution in [3.63, 3.8) is 0 Å². The fraction of sp³-hybridized carbons (Fsp3) is 0.316. The van der Waals surface area contributed by atoms with Gasteiger partial charge in [-0.25, -0.2) is 9.50 Å². The average Bonchev–Trinajstić information content (AvgIpc) is 3.02. The molecule has 0 fully saturated rings. The minimum atomic E-state index is -0.0729. The third-order valence-corrected chi connectivity index (χ3v) is 4.65. The number of fused-ring (bicyclic) bond motifs is 3. The molecule has 4 rings (SSSR count). The van der Waals surface area contributed by atoms with Gasteiger partial charge in [0.15, 0.2) is 5.65 Å². The van der Waals surface area contributed by atoms with Crippen molar-refractivity contribution in [1.29, 1.82) is 0 Å². The maximum absolute atomic E-state index is 12.5. The Bertz CT molecular complexity index is 948. The first-order valence-corrected chi connectivity index (χ1v) is 8.42. The molecule has 0 spiro atoms. The molecule has 25 heavy (non-hydrogen) atoms. The number of aryl methyl sites for hydroxylation is 2. The summed E-state index contributed by atoms with van der Waals surface area (Å²) in [7, 11) is 1.60. The summed E-state index contributed by atoms with van der Waals surface area (Å²) in [4.78, 5) is 17.0. The highest BCUT2D eigenvalue weighted by molar-refractivity contribution is 5.94. The monoisotopic (exact) mass is 336 g/mol. The zero-order valence-corrected chi connectivity index (χ0v) is 14.3. The van der Waals surface area contributed by atoms with Crippen LogP contribution >= 0.6 is 0 Å². The van der Waals surface area contributed by atoms with Crippen LogP contribution < -0.4 is 10.1 Å². The molecule has 1 amide bonds. The van der Waals surface area contributed by atoms with Gasteiger partial charge in [0, 0.05) is 29.6 Å². The van der Waals surface area contributed by atoms with E-state index in [-0.39, 0.29) is 11.9 Å². The Balaban J connectivity index is 1.52. The summed E-state index contributed by atoms with van der Waals surface area (Å²) in [6.07, 6.45) is 4.45. The number of ether oxygens (including phenoxy) is 1. The Morgan fingerprint density at radius 1 is 1.36 bits per heavy atom. The van der Waals surface area contributed by atoms with Crippen LogP contribution in [-0.4, -0.2) is 33.7 Å². The smallest absolute Gasteiger partial charge is 0.251 e. The summed E-state index contributed by atoms with van der Waals surface area (Å²) in [6, 6.07) is 9.29. The lowest BCUT2D eigenvalue weighted by atomic mass is 9.92. The van der Waals surface area contributed by atoms with E-state index >= 15 is 0 Å². The number of aromatic nitrogens is 3. The average molecular weight is 336 g/mol. The molecule has 1 aliphatic carbocycles. The van der Waals surface area contributed by atoms with Crippen molar-refractivity contribution < 1.29 is 9.53 Å². The first-order valence-electron chi connectivity index (χ1n) is 8.42. The lowest BCUT2D eigenvalue weighted by Crippen LogP contribution is -2.39. The quantitative estimate of drug-likeness (QED) is 0.797. The van der Waals surface area contributed by atoms with Crippen LogP contribution in [0.25, 0.3) is 5.65 Å². The summed E-state index contributed by atoms with van der Waals surface area (Å²) >= 11 is 0. The molecule has 0 bridgehead atoms. The molecular weight excluding hydrogens is 316 g/mol. The number of hydrogen-bond acceptors (Lipinski definition) is 4. The Morgan fingerprint density at radius 3 is 3.08 bits per heavy atom. The number of benzene rings is 1. The van der Waals surface area contributed by atoms with Crippen LogP contribution in [0.2, 0.25) is 0 Å². The first kappa shape index (κ1) is 15.6. The fourth-order valence-electron chi connectivity index (χ4n) is 3.40. The minimum Gasteiger partial charge on any atom is -0.497 e. The molecule has 2 heterocycles. The summed E-state index contributed by atoms with van der Waals surface area (Å²) in [6.45, 7) is 1.97. The summed E-state index contributed by atoms with van der Waals surface area (Å²) in [5.74, 6) is 0.610. The number of nitrogens with zero attached hydrogens (tertiary/aromatic N) is 3. The normalized spacial score (nSPS) is 16.5. The van der Waals surface area contributed by atoms with Gasteiger partial charge in [0.2, 0.25) is 0 Å². The maximum Gasteiger partial charge on any atom is 0.251 e. The third-order valence-electron chi connectivity index (χ3n) is 4.65. The molecule has 1 aliphatic rings. The van der Waals surface area contributed by atoms with Crippen LogP contribution in [0.1, 0.15) is 33.7 Å². The predicted molar refractivity (Wildman–Crippen MR) is 94.0 cm³/mol. The van der Waals surface area contributed by atoms with Crippen molar-refractivity contribution >= 4 is 11.6 Å². The van der Waals surface area contributed by atoms with Gasteiger partial charge in [0.05, 0.1) is 12.8 Å². The van der Waals surface area contributed by atoms with Crippen molar-refractivity contribution in [2.75, 3.05) is 7.11 Å². The van der Waals surface area contributed by atoms with E-state index in [0.29, 0.717) is 11.3 Å². The second-order valence-corrected chi connectivity index (χ2v) is 6.43. The van der Waals surface area contributed by atoms with E-state index in [1.54, 1.807) is 19.2 Å². The van der Waals surface area contributed by atoms with Gasteiger partial charge in [0.25, 0.3) is 5.91 Å². The van der Waals surface area contributed by atoms with E-state index in [2.05, 4.69) is 15.4 Å². The van der Waals surface area contributed by atoms with Gasteiger partial charge in [-0.15, -0.1) is 0 Å². The zero-order chi connectivity index (χ0) is 17.4. The number of carbonyl (C=O) groups excluding carboxylic acids is 1. The topological polar surface area (TPSA) is 68.5 Å². The first-order chi connectivity index (χ1) is 12.1. The van der Waals surface area contributed by atoms with Gasteiger partial charge in [-0.1, -0.05) is 6.07 Å². The Hall–Kier alpha value is -2.89. The fourth-order valence-corrected chi connectivity index (χ4v) is 3.40. The second kappa shape index (κ2) is 6.20. The standard InChI is InChI=1S/C19H20N4O2/c1-12-8-18-20-11-14-9-15(6-7-17(14)23(18)22-12)21-19(24)13-4-3-5-16(10-13)25-2/h3-5,8,10-11,15H,6-7,9H2,1-2H3,(H,21,24). The molecule has 0 aliphatic heterocycles. The Kier molecular flexibility index (Phi) is 3.87. The number of rotatable bonds is 3. The molecule has 6 nitrogen and oxygen atoms in total. The van der Waals surface area contributed by atoms with Crippen molar-refractivity contribution in [3.05, 3.63) is 59.0 Å². The van der Waals surface area contributed by atoms with Gasteiger partial charge in [-0.3, -0.25) is 4.79 Å². The van der Waals surface area contributed by atoms with Crippen LogP contribution in [-0.2, 0) is 12.8 Å². The van der Waals surface area contributed by atoms with Crippen molar-refractivity contribution in [3.8, 4) is 5.75 Å². The van der Waals surface area contributed by atoms with E-state index in [4.69, 9.17) is 4.74 Å². The Labute approximate surface area is 145 Å². The van der Waals surface area contributed by atoms with Crippen LogP contribution in [0.5, 0.6) is 5.75 Å². The summed E-state index contributed by atoms with van der Waals surface area (Å²) < 4.78 is 7.12. The van der Waals surface area contributed by atoms with Crippen LogP contribution in [0.4, 0.5) is 0 Å². The number of hydrogen-bond donors (Lipinski definition) is 1. The van der Waals surface area contributed by atoms with Crippen LogP contribution in [0.15, 0.2) is 36.5 Å². The van der Waals surface area contributed by atoms with E-state index < -0.39 is 0 Å². The largest absolute Gasteiger partial charge is 0.497 e. The third kappa shape index (κ3) is 2.95. The highest BCUT2D eigenvalue weighted by Crippen LogP contribution is 2.22. The predicted octanol–water partition coefficient (Wildman–Crippen LogP) is 2.33. The molecule has 0 radical (unpaired) electrons. The number of carbonyl (C=O) groups is 1. The van der Waals surface area contributed by atoms with Crippen LogP contribution in [0.3, 0.4) is 0 Å². The van der Waals surface area contributed by atoms with Gasteiger partial charge < -0.3 is 10.1 Å². The van der Waals surface area contributed by atoms with Gasteiger partial charge in [-0.2, -0.15) is 5.10 Å². The molecule has 1 N–H and O–H groups in total. The molecular formula is C19H20N4O2. The molecule has 0 saturated carbocycles. The lowest BCUT2D eigenvalue weighted by molar-refractivity contribution is 0.0933. The number of amides is 1. The van der Waals surface area contributed by atoms with E-state index in [9.17, 15) is 4.79 Å². The van der Waals surface area contributed by atoms with Gasteiger partial charge in [0.1, 0.15) is 5.75 Å². The minimum absolute atomic E-state index is 0.0729. The van der Waals surface area contributed by atoms with Crippen molar-refractivity contribution in [2.45, 2.75) is 32.2 Å². The van der Waals surface area contributed by atoms with E-state index in [1.165, 1.54) is 5.69 Å². The molecule has 2 aromatic heterocycles. The maximum atomic E-state index is 12.5. The zero-order valence-electron chi connectivity index (χ0n) is 14.3. The van der Waals surface area contributed by atoms with Crippen LogP contribution in [0, 0.1) is 6.92 Å². The molecule has 128 valence electrons. The molecule has 1 atom stereocenters. The molecule has 3 aromatic rings. The molecule has 0 saturated heterocycles. The Morgan fingerprint density at radius 2 is 2.24 bits per heavy atom. The molecule has 1 aromatic carbocycles. The SMILES string of the molecule is COc1cccc(C(=O)NC2CCc3c(cnc4cc(C)nn34)C2)c1. The lowest BCUT2D eigenvalue weighted by Gasteiger charge is -2.25. The van der Waals surface area contributed by atoms with Crippen molar-refractivity contribution in [2.24, 2.45) is 0 Å². The summed E-state index contributed by atoms with van der Waals surface area (Å²) in [5, 5.41) is 7.66. The number of methoxy groups -OCH3 is 1. The van der Waals surface area contributed by atoms with E-state index in [0.717, 1.165) is 36.2 Å². The molecule has 1 unspecified atom stereocenters. The van der Waals surface area contributed by atoms with Gasteiger partial charge >= 0.3 is 0 Å². The molecule has 6 heteroatoms. The second-order valence-electron chi connectivity index (χ2n) is 6.43. The van der Waals surface area contributed by atoms with E-state index in [1.807, 2.05) is 35.8 Å². The van der Waals surface area contributed by atoms with Crippen molar-refractivity contribution in [1.82, 2.24) is 19.9 Å². The number of nitrogens with one attached hydrogen (secondary N) is 1. The highest BCUT2D eigenvalue weighted by atomic mass is 16.5. The highest BCUT2D eigenvalue weighted by Gasteiger charge is 2.23. The van der Waals surface area contributed by atoms with Gasteiger partial charge in [-0.05, 0) is 49.9 Å². The summed E-state index contributed by atoms with van der Waals surface area (Å²) in [5.41, 5.74) is 4.81.